The van der Waals surface area contributed by atoms with Crippen molar-refractivity contribution in [3.63, 3.8) is 0 Å². The number of aromatic nitrogens is 1. The SMILES string of the molecule is Cc1cc(C(=O)C[NH+](Cc2ccco2)[C@H]2CCS(=O)(=O)C2)c(C)n1Cc1cccs1. The van der Waals surface area contributed by atoms with Crippen molar-refractivity contribution in [1.29, 1.82) is 0 Å². The Morgan fingerprint density at radius 1 is 1.30 bits per heavy atom. The summed E-state index contributed by atoms with van der Waals surface area (Å²) in [7, 11) is -3.03. The molecule has 0 saturated carbocycles. The van der Waals surface area contributed by atoms with Crippen LogP contribution in [0, 0.1) is 13.8 Å². The molecular formula is C22H27N2O4S2+. The first-order valence-electron chi connectivity index (χ1n) is 10.1. The molecule has 4 heterocycles. The van der Waals surface area contributed by atoms with Crippen molar-refractivity contribution in [1.82, 2.24) is 4.57 Å². The minimum Gasteiger partial charge on any atom is -0.463 e. The number of Topliss-reactive ketones (excluding diaryl/α,β-unsaturated/α-hetero) is 1. The molecule has 0 aliphatic carbocycles. The smallest absolute Gasteiger partial charge is 0.218 e. The number of furan rings is 1. The van der Waals surface area contributed by atoms with Gasteiger partial charge >= 0.3 is 0 Å². The number of hydrogen-bond donors (Lipinski definition) is 1. The summed E-state index contributed by atoms with van der Waals surface area (Å²) in [5.74, 6) is 1.15. The molecule has 0 amide bonds. The Bertz CT molecular complexity index is 1110. The fraction of sp³-hybridized carbons (Fsp3) is 0.409. The predicted molar refractivity (Wildman–Crippen MR) is 117 cm³/mol. The van der Waals surface area contributed by atoms with Crippen LogP contribution in [-0.2, 0) is 22.9 Å². The van der Waals surface area contributed by atoms with E-state index in [9.17, 15) is 13.2 Å². The summed E-state index contributed by atoms with van der Waals surface area (Å²) in [5, 5.41) is 2.06. The lowest BCUT2D eigenvalue weighted by Gasteiger charge is -2.23. The molecule has 0 aromatic carbocycles. The third kappa shape index (κ3) is 4.61. The highest BCUT2D eigenvalue weighted by molar-refractivity contribution is 7.91. The monoisotopic (exact) mass is 447 g/mol. The topological polar surface area (TPSA) is 73.7 Å². The number of nitrogens with one attached hydrogen (secondary N) is 1. The van der Waals surface area contributed by atoms with Gasteiger partial charge in [-0.1, -0.05) is 6.07 Å². The Morgan fingerprint density at radius 3 is 2.77 bits per heavy atom. The number of carbonyl (C=O) groups excluding carboxylic acids is 1. The lowest BCUT2D eigenvalue weighted by atomic mass is 10.1. The van der Waals surface area contributed by atoms with E-state index in [-0.39, 0.29) is 29.9 Å². The number of hydrogen-bond acceptors (Lipinski definition) is 5. The summed E-state index contributed by atoms with van der Waals surface area (Å²) in [6.45, 7) is 5.53. The molecule has 1 aliphatic heterocycles. The quantitative estimate of drug-likeness (QED) is 0.538. The minimum absolute atomic E-state index is 0.0476. The summed E-state index contributed by atoms with van der Waals surface area (Å²) in [5.41, 5.74) is 2.74. The summed E-state index contributed by atoms with van der Waals surface area (Å²) >= 11 is 1.70. The minimum atomic E-state index is -3.03. The van der Waals surface area contributed by atoms with Crippen LogP contribution in [-0.4, -0.2) is 42.9 Å². The molecule has 1 unspecified atom stereocenters. The summed E-state index contributed by atoms with van der Waals surface area (Å²) in [6, 6.07) is 9.70. The number of nitrogens with zero attached hydrogens (tertiary/aromatic N) is 1. The van der Waals surface area contributed by atoms with Crippen molar-refractivity contribution >= 4 is 27.0 Å². The number of ketones is 1. The highest BCUT2D eigenvalue weighted by atomic mass is 32.2. The van der Waals surface area contributed by atoms with Crippen LogP contribution in [0.1, 0.15) is 38.8 Å². The van der Waals surface area contributed by atoms with E-state index in [0.29, 0.717) is 13.0 Å². The average Bonchev–Trinajstić information content (AvgIpc) is 3.47. The molecule has 1 aliphatic rings. The van der Waals surface area contributed by atoms with Crippen LogP contribution >= 0.6 is 11.3 Å². The van der Waals surface area contributed by atoms with Crippen molar-refractivity contribution in [3.05, 3.63) is 69.6 Å². The van der Waals surface area contributed by atoms with Gasteiger partial charge in [0.2, 0.25) is 5.78 Å². The highest BCUT2D eigenvalue weighted by Gasteiger charge is 2.37. The van der Waals surface area contributed by atoms with Gasteiger partial charge in [-0.25, -0.2) is 8.42 Å². The van der Waals surface area contributed by atoms with E-state index < -0.39 is 9.84 Å². The lowest BCUT2D eigenvalue weighted by molar-refractivity contribution is -0.928. The third-order valence-electron chi connectivity index (χ3n) is 5.95. The Balaban J connectivity index is 1.55. The van der Waals surface area contributed by atoms with Crippen molar-refractivity contribution in [2.45, 2.75) is 39.4 Å². The largest absolute Gasteiger partial charge is 0.463 e. The molecular weight excluding hydrogens is 420 g/mol. The molecule has 8 heteroatoms. The number of quaternary nitrogens is 1. The molecule has 3 aromatic rings. The fourth-order valence-electron chi connectivity index (χ4n) is 4.29. The van der Waals surface area contributed by atoms with Gasteiger partial charge in [0.05, 0.1) is 18.6 Å². The number of carbonyl (C=O) groups is 1. The number of aryl methyl sites for hydroxylation is 1. The van der Waals surface area contributed by atoms with Crippen molar-refractivity contribution in [3.8, 4) is 0 Å². The molecule has 0 bridgehead atoms. The number of thiophene rings is 1. The van der Waals surface area contributed by atoms with Gasteiger partial charge < -0.3 is 13.9 Å². The second-order valence-electron chi connectivity index (χ2n) is 8.06. The van der Waals surface area contributed by atoms with E-state index in [1.54, 1.807) is 17.6 Å². The lowest BCUT2D eigenvalue weighted by Crippen LogP contribution is -3.15. The molecule has 1 saturated heterocycles. The van der Waals surface area contributed by atoms with Gasteiger partial charge in [0.1, 0.15) is 24.9 Å². The van der Waals surface area contributed by atoms with Crippen LogP contribution in [0.3, 0.4) is 0 Å². The van der Waals surface area contributed by atoms with Gasteiger partial charge in [-0.15, -0.1) is 11.3 Å². The van der Waals surface area contributed by atoms with E-state index in [0.717, 1.165) is 34.2 Å². The maximum Gasteiger partial charge on any atom is 0.218 e. The molecule has 2 atom stereocenters. The van der Waals surface area contributed by atoms with Crippen molar-refractivity contribution in [2.24, 2.45) is 0 Å². The summed E-state index contributed by atoms with van der Waals surface area (Å²) in [6.07, 6.45) is 2.20. The van der Waals surface area contributed by atoms with Crippen LogP contribution in [0.5, 0.6) is 0 Å². The number of rotatable bonds is 8. The van der Waals surface area contributed by atoms with Crippen molar-refractivity contribution in [2.75, 3.05) is 18.1 Å². The van der Waals surface area contributed by atoms with E-state index in [4.69, 9.17) is 4.42 Å². The second kappa shape index (κ2) is 8.53. The van der Waals surface area contributed by atoms with Gasteiger partial charge in [-0.05, 0) is 43.5 Å². The standard InChI is InChI=1S/C22H26N2O4S2/c1-16-11-21(17(2)24(16)13-20-6-4-9-29-20)22(25)14-23(12-19-5-3-8-28-19)18-7-10-30(26,27)15-18/h3-6,8-9,11,18H,7,10,12-15H2,1-2H3/p+1/t18-/m0/s1. The summed E-state index contributed by atoms with van der Waals surface area (Å²) in [4.78, 5) is 15.5. The normalized spacial score (nSPS) is 19.2. The zero-order chi connectivity index (χ0) is 21.3. The van der Waals surface area contributed by atoms with Gasteiger partial charge in [0.15, 0.2) is 15.6 Å². The first-order chi connectivity index (χ1) is 14.3. The Morgan fingerprint density at radius 2 is 2.13 bits per heavy atom. The fourth-order valence-corrected chi connectivity index (χ4v) is 6.81. The first kappa shape index (κ1) is 21.1. The van der Waals surface area contributed by atoms with Gasteiger partial charge in [0, 0.05) is 28.2 Å². The van der Waals surface area contributed by atoms with Crippen LogP contribution in [0.2, 0.25) is 0 Å². The van der Waals surface area contributed by atoms with Gasteiger partial charge in [-0.3, -0.25) is 4.79 Å². The maximum absolute atomic E-state index is 13.3. The van der Waals surface area contributed by atoms with Crippen molar-refractivity contribution < 1.29 is 22.5 Å². The zero-order valence-corrected chi connectivity index (χ0v) is 18.9. The van der Waals surface area contributed by atoms with Crippen LogP contribution in [0.15, 0.2) is 46.4 Å². The first-order valence-corrected chi connectivity index (χ1v) is 12.8. The summed E-state index contributed by atoms with van der Waals surface area (Å²) < 4.78 is 31.7. The number of sulfone groups is 1. The van der Waals surface area contributed by atoms with E-state index >= 15 is 0 Å². The molecule has 3 aromatic heterocycles. The van der Waals surface area contributed by atoms with E-state index in [1.165, 1.54) is 4.88 Å². The molecule has 1 fully saturated rings. The van der Waals surface area contributed by atoms with Gasteiger partial charge in [-0.2, -0.15) is 0 Å². The molecule has 160 valence electrons. The Kier molecular flexibility index (Phi) is 5.99. The molecule has 4 rings (SSSR count). The molecule has 1 N–H and O–H groups in total. The van der Waals surface area contributed by atoms with Gasteiger partial charge in [0.25, 0.3) is 0 Å². The highest BCUT2D eigenvalue weighted by Crippen LogP contribution is 2.20. The van der Waals surface area contributed by atoms with E-state index in [1.807, 2.05) is 38.1 Å². The van der Waals surface area contributed by atoms with Crippen LogP contribution < -0.4 is 4.90 Å². The third-order valence-corrected chi connectivity index (χ3v) is 8.58. The Labute approximate surface area is 181 Å². The molecule has 0 spiro atoms. The van der Waals surface area contributed by atoms with E-state index in [2.05, 4.69) is 16.0 Å². The average molecular weight is 448 g/mol. The zero-order valence-electron chi connectivity index (χ0n) is 17.3. The second-order valence-corrected chi connectivity index (χ2v) is 11.3. The molecule has 30 heavy (non-hydrogen) atoms. The predicted octanol–water partition coefficient (Wildman–Crippen LogP) is 2.26. The molecule has 6 nitrogen and oxygen atoms in total. The van der Waals surface area contributed by atoms with Crippen LogP contribution in [0.25, 0.3) is 0 Å². The Hall–Kier alpha value is -2.16. The maximum atomic E-state index is 13.3. The molecule has 0 radical (unpaired) electrons. The van der Waals surface area contributed by atoms with Crippen LogP contribution in [0.4, 0.5) is 0 Å².